The largest absolute Gasteiger partial charge is 0.372 e. The summed E-state index contributed by atoms with van der Waals surface area (Å²) in [6.45, 7) is 11.0. The minimum Gasteiger partial charge on any atom is -0.372 e. The van der Waals surface area contributed by atoms with Crippen molar-refractivity contribution in [2.24, 2.45) is 0 Å². The van der Waals surface area contributed by atoms with Crippen molar-refractivity contribution in [3.8, 4) is 0 Å². The van der Waals surface area contributed by atoms with Crippen LogP contribution in [0.5, 0.6) is 0 Å². The van der Waals surface area contributed by atoms with E-state index in [1.165, 1.54) is 11.3 Å². The third-order valence-corrected chi connectivity index (χ3v) is 2.69. The lowest BCUT2D eigenvalue weighted by Crippen LogP contribution is -2.21. The van der Waals surface area contributed by atoms with E-state index in [1.807, 2.05) is 0 Å². The molecular weight excluding hydrogens is 170 g/mol. The zero-order valence-electron chi connectivity index (χ0n) is 9.75. The van der Waals surface area contributed by atoms with Gasteiger partial charge in [-0.15, -0.1) is 0 Å². The van der Waals surface area contributed by atoms with Gasteiger partial charge in [-0.3, -0.25) is 0 Å². The fraction of sp³-hybridized carbons (Fsp3) is 0.538. The summed E-state index contributed by atoms with van der Waals surface area (Å²) in [4.78, 5) is 2.37. The van der Waals surface area contributed by atoms with Crippen LogP contribution in [0.15, 0.2) is 24.3 Å². The molecule has 0 atom stereocenters. The van der Waals surface area contributed by atoms with Gasteiger partial charge < -0.3 is 4.90 Å². The van der Waals surface area contributed by atoms with Gasteiger partial charge in [-0.05, 0) is 37.5 Å². The van der Waals surface area contributed by atoms with E-state index in [-0.39, 0.29) is 0 Å². The van der Waals surface area contributed by atoms with Crippen molar-refractivity contribution in [2.45, 2.75) is 33.6 Å². The highest BCUT2D eigenvalue weighted by Crippen LogP contribution is 2.19. The van der Waals surface area contributed by atoms with E-state index < -0.39 is 0 Å². The van der Waals surface area contributed by atoms with E-state index in [2.05, 4.69) is 56.9 Å². The Bertz CT molecular complexity index is 257. The average Bonchev–Trinajstić information content (AvgIpc) is 2.20. The Labute approximate surface area is 87.7 Å². The molecule has 0 heterocycles. The number of rotatable bonds is 4. The standard InChI is InChI=1S/C13H21N/c1-5-14(6-2)13-9-7-12(8-10-13)11(3)4/h7-11H,5-6H2,1-4H3. The van der Waals surface area contributed by atoms with Crippen molar-refractivity contribution in [3.63, 3.8) is 0 Å². The Balaban J connectivity index is 2.81. The van der Waals surface area contributed by atoms with Crippen LogP contribution in [-0.4, -0.2) is 13.1 Å². The van der Waals surface area contributed by atoms with Crippen LogP contribution in [0, 0.1) is 0 Å². The number of benzene rings is 1. The second kappa shape index (κ2) is 5.04. The lowest BCUT2D eigenvalue weighted by atomic mass is 10.0. The van der Waals surface area contributed by atoms with Crippen LogP contribution in [-0.2, 0) is 0 Å². The van der Waals surface area contributed by atoms with Crippen molar-refractivity contribution < 1.29 is 0 Å². The van der Waals surface area contributed by atoms with E-state index in [0.29, 0.717) is 5.92 Å². The van der Waals surface area contributed by atoms with Crippen LogP contribution in [0.25, 0.3) is 0 Å². The molecular formula is C13H21N. The molecule has 14 heavy (non-hydrogen) atoms. The first-order chi connectivity index (χ1) is 6.69. The predicted octanol–water partition coefficient (Wildman–Crippen LogP) is 3.66. The Morgan fingerprint density at radius 1 is 1.00 bits per heavy atom. The number of anilines is 1. The number of hydrogen-bond donors (Lipinski definition) is 0. The molecule has 0 unspecified atom stereocenters. The van der Waals surface area contributed by atoms with Gasteiger partial charge in [0.15, 0.2) is 0 Å². The van der Waals surface area contributed by atoms with Gasteiger partial charge in [0.05, 0.1) is 0 Å². The Morgan fingerprint density at radius 2 is 1.50 bits per heavy atom. The highest BCUT2D eigenvalue weighted by molar-refractivity contribution is 5.47. The molecule has 0 saturated carbocycles. The molecule has 0 N–H and O–H groups in total. The fourth-order valence-electron chi connectivity index (χ4n) is 1.66. The summed E-state index contributed by atoms with van der Waals surface area (Å²) < 4.78 is 0. The van der Waals surface area contributed by atoms with E-state index >= 15 is 0 Å². The maximum atomic E-state index is 2.37. The van der Waals surface area contributed by atoms with Crippen molar-refractivity contribution in [2.75, 3.05) is 18.0 Å². The summed E-state index contributed by atoms with van der Waals surface area (Å²) in [6.07, 6.45) is 0. The molecule has 0 aliphatic rings. The molecule has 1 nitrogen and oxygen atoms in total. The third-order valence-electron chi connectivity index (χ3n) is 2.69. The molecule has 0 aliphatic heterocycles. The monoisotopic (exact) mass is 191 g/mol. The van der Waals surface area contributed by atoms with Crippen LogP contribution in [0.1, 0.15) is 39.2 Å². The van der Waals surface area contributed by atoms with Gasteiger partial charge in [0.25, 0.3) is 0 Å². The van der Waals surface area contributed by atoms with Gasteiger partial charge in [0.2, 0.25) is 0 Å². The zero-order chi connectivity index (χ0) is 10.6. The molecule has 0 fully saturated rings. The molecule has 0 aromatic heterocycles. The summed E-state index contributed by atoms with van der Waals surface area (Å²) in [5.74, 6) is 0.626. The summed E-state index contributed by atoms with van der Waals surface area (Å²) in [6, 6.07) is 8.92. The van der Waals surface area contributed by atoms with Crippen molar-refractivity contribution in [3.05, 3.63) is 29.8 Å². The van der Waals surface area contributed by atoms with E-state index in [4.69, 9.17) is 0 Å². The molecule has 1 rings (SSSR count). The SMILES string of the molecule is CCN(CC)c1ccc(C(C)C)cc1. The van der Waals surface area contributed by atoms with Gasteiger partial charge in [-0.2, -0.15) is 0 Å². The molecule has 0 radical (unpaired) electrons. The Kier molecular flexibility index (Phi) is 3.99. The first-order valence-corrected chi connectivity index (χ1v) is 5.54. The summed E-state index contributed by atoms with van der Waals surface area (Å²) in [5, 5.41) is 0. The number of nitrogens with zero attached hydrogens (tertiary/aromatic N) is 1. The normalized spacial score (nSPS) is 10.6. The predicted molar refractivity (Wildman–Crippen MR) is 64.1 cm³/mol. The van der Waals surface area contributed by atoms with Gasteiger partial charge >= 0.3 is 0 Å². The Hall–Kier alpha value is -0.980. The van der Waals surface area contributed by atoms with Gasteiger partial charge in [0.1, 0.15) is 0 Å². The molecule has 1 aromatic carbocycles. The highest BCUT2D eigenvalue weighted by atomic mass is 15.1. The van der Waals surface area contributed by atoms with Crippen LogP contribution in [0.2, 0.25) is 0 Å². The molecule has 0 aliphatic carbocycles. The van der Waals surface area contributed by atoms with Crippen LogP contribution in [0.3, 0.4) is 0 Å². The van der Waals surface area contributed by atoms with Crippen LogP contribution in [0.4, 0.5) is 5.69 Å². The van der Waals surface area contributed by atoms with Crippen molar-refractivity contribution >= 4 is 5.69 Å². The smallest absolute Gasteiger partial charge is 0.0366 e. The summed E-state index contributed by atoms with van der Waals surface area (Å²) >= 11 is 0. The molecule has 0 amide bonds. The van der Waals surface area contributed by atoms with E-state index in [1.54, 1.807) is 0 Å². The summed E-state index contributed by atoms with van der Waals surface area (Å²) in [5.41, 5.74) is 2.75. The minimum absolute atomic E-state index is 0.626. The summed E-state index contributed by atoms with van der Waals surface area (Å²) in [7, 11) is 0. The van der Waals surface area contributed by atoms with Crippen molar-refractivity contribution in [1.29, 1.82) is 0 Å². The number of hydrogen-bond acceptors (Lipinski definition) is 1. The topological polar surface area (TPSA) is 3.24 Å². The van der Waals surface area contributed by atoms with Gasteiger partial charge in [-0.1, -0.05) is 26.0 Å². The Morgan fingerprint density at radius 3 is 1.86 bits per heavy atom. The second-order valence-electron chi connectivity index (χ2n) is 3.92. The second-order valence-corrected chi connectivity index (χ2v) is 3.92. The molecule has 0 spiro atoms. The van der Waals surface area contributed by atoms with Gasteiger partial charge in [-0.25, -0.2) is 0 Å². The molecule has 1 heteroatoms. The zero-order valence-corrected chi connectivity index (χ0v) is 9.75. The molecule has 78 valence electrons. The highest BCUT2D eigenvalue weighted by Gasteiger charge is 2.02. The molecule has 0 saturated heterocycles. The maximum absolute atomic E-state index is 2.37. The first-order valence-electron chi connectivity index (χ1n) is 5.54. The van der Waals surface area contributed by atoms with Crippen LogP contribution < -0.4 is 4.90 Å². The maximum Gasteiger partial charge on any atom is 0.0366 e. The molecule has 0 bridgehead atoms. The quantitative estimate of drug-likeness (QED) is 0.702. The van der Waals surface area contributed by atoms with Crippen LogP contribution >= 0.6 is 0 Å². The lowest BCUT2D eigenvalue weighted by Gasteiger charge is -2.21. The first kappa shape index (κ1) is 11.1. The fourth-order valence-corrected chi connectivity index (χ4v) is 1.66. The van der Waals surface area contributed by atoms with E-state index in [0.717, 1.165) is 13.1 Å². The van der Waals surface area contributed by atoms with E-state index in [9.17, 15) is 0 Å². The third kappa shape index (κ3) is 2.50. The molecule has 1 aromatic rings. The lowest BCUT2D eigenvalue weighted by molar-refractivity contribution is 0.852. The van der Waals surface area contributed by atoms with Crippen molar-refractivity contribution in [1.82, 2.24) is 0 Å². The minimum atomic E-state index is 0.626. The van der Waals surface area contributed by atoms with Gasteiger partial charge in [0, 0.05) is 18.8 Å². The average molecular weight is 191 g/mol.